The number of likely N-dealkylation sites (N-methyl/N-ethyl adjacent to an activating group) is 1. The van der Waals surface area contributed by atoms with Gasteiger partial charge in [0.05, 0.1) is 0 Å². The van der Waals surface area contributed by atoms with Crippen molar-refractivity contribution in [3.63, 3.8) is 0 Å². The van der Waals surface area contributed by atoms with Gasteiger partial charge in [0.1, 0.15) is 0 Å². The summed E-state index contributed by atoms with van der Waals surface area (Å²) < 4.78 is 0. The van der Waals surface area contributed by atoms with E-state index in [-0.39, 0.29) is 0 Å². The summed E-state index contributed by atoms with van der Waals surface area (Å²) in [7, 11) is 2.23. The van der Waals surface area contributed by atoms with Crippen LogP contribution < -0.4 is 0 Å². The Labute approximate surface area is 114 Å². The number of hydrogen-bond acceptors (Lipinski definition) is 3. The highest BCUT2D eigenvalue weighted by atomic mass is 15.2. The van der Waals surface area contributed by atoms with Crippen molar-refractivity contribution in [1.82, 2.24) is 14.7 Å². The average Bonchev–Trinajstić information content (AvgIpc) is 2.44. The first kappa shape index (κ1) is 15.9. The standard InChI is InChI=1S/C13H27N3.C2H6/c1-14-10-12-16(13-11-14)9-5-8-15-6-3-2-4-7-15;1-2/h2-13H2,1H3;1-2H3. The van der Waals surface area contributed by atoms with E-state index in [1.165, 1.54) is 78.0 Å². The SMILES string of the molecule is CC.CN1CCN(CCCN2CCCCC2)CC1. The van der Waals surface area contributed by atoms with E-state index in [2.05, 4.69) is 21.7 Å². The molecule has 0 radical (unpaired) electrons. The van der Waals surface area contributed by atoms with Crippen LogP contribution in [0.4, 0.5) is 0 Å². The summed E-state index contributed by atoms with van der Waals surface area (Å²) in [6.45, 7) is 14.4. The zero-order valence-corrected chi connectivity index (χ0v) is 12.8. The van der Waals surface area contributed by atoms with Crippen molar-refractivity contribution in [3.8, 4) is 0 Å². The highest BCUT2D eigenvalue weighted by Crippen LogP contribution is 2.09. The molecular formula is C15H33N3. The Morgan fingerprint density at radius 3 is 1.72 bits per heavy atom. The predicted molar refractivity (Wildman–Crippen MR) is 80.2 cm³/mol. The van der Waals surface area contributed by atoms with Gasteiger partial charge in [0.25, 0.3) is 0 Å². The Hall–Kier alpha value is -0.120. The Kier molecular flexibility index (Phi) is 8.64. The quantitative estimate of drug-likeness (QED) is 0.762. The number of piperazine rings is 1. The summed E-state index contributed by atoms with van der Waals surface area (Å²) in [5.41, 5.74) is 0. The van der Waals surface area contributed by atoms with Crippen LogP contribution in [0.1, 0.15) is 39.5 Å². The average molecular weight is 255 g/mol. The Morgan fingerprint density at radius 2 is 1.17 bits per heavy atom. The highest BCUT2D eigenvalue weighted by Gasteiger charge is 2.14. The molecule has 3 nitrogen and oxygen atoms in total. The molecule has 0 unspecified atom stereocenters. The second kappa shape index (κ2) is 9.76. The topological polar surface area (TPSA) is 9.72 Å². The fourth-order valence-electron chi connectivity index (χ4n) is 2.77. The van der Waals surface area contributed by atoms with Gasteiger partial charge in [-0.15, -0.1) is 0 Å². The van der Waals surface area contributed by atoms with E-state index >= 15 is 0 Å². The summed E-state index contributed by atoms with van der Waals surface area (Å²) >= 11 is 0. The van der Waals surface area contributed by atoms with E-state index in [0.29, 0.717) is 0 Å². The van der Waals surface area contributed by atoms with Gasteiger partial charge in [0, 0.05) is 26.2 Å². The number of rotatable bonds is 4. The molecule has 0 aromatic carbocycles. The van der Waals surface area contributed by atoms with Crippen LogP contribution in [0.15, 0.2) is 0 Å². The Bertz CT molecular complexity index is 182. The van der Waals surface area contributed by atoms with Crippen LogP contribution >= 0.6 is 0 Å². The van der Waals surface area contributed by atoms with Gasteiger partial charge >= 0.3 is 0 Å². The third-order valence-electron chi connectivity index (χ3n) is 3.99. The first-order chi connectivity index (χ1) is 8.84. The van der Waals surface area contributed by atoms with Gasteiger partial charge in [-0.25, -0.2) is 0 Å². The molecule has 2 aliphatic heterocycles. The van der Waals surface area contributed by atoms with E-state index in [1.54, 1.807) is 0 Å². The molecule has 0 aromatic rings. The molecule has 2 saturated heterocycles. The molecule has 0 saturated carbocycles. The number of piperidine rings is 1. The highest BCUT2D eigenvalue weighted by molar-refractivity contribution is 4.70. The summed E-state index contributed by atoms with van der Waals surface area (Å²) in [4.78, 5) is 7.71. The van der Waals surface area contributed by atoms with Crippen molar-refractivity contribution in [1.29, 1.82) is 0 Å². The van der Waals surface area contributed by atoms with Gasteiger partial charge in [-0.3, -0.25) is 0 Å². The first-order valence-electron chi connectivity index (χ1n) is 7.98. The van der Waals surface area contributed by atoms with Crippen molar-refractivity contribution in [2.75, 3.05) is 59.4 Å². The van der Waals surface area contributed by atoms with Crippen LogP contribution in [0.3, 0.4) is 0 Å². The van der Waals surface area contributed by atoms with Gasteiger partial charge in [0.2, 0.25) is 0 Å². The lowest BCUT2D eigenvalue weighted by Crippen LogP contribution is -2.45. The van der Waals surface area contributed by atoms with Crippen molar-refractivity contribution in [2.45, 2.75) is 39.5 Å². The minimum atomic E-state index is 1.25. The summed E-state index contributed by atoms with van der Waals surface area (Å²) in [6.07, 6.45) is 5.67. The molecule has 2 fully saturated rings. The van der Waals surface area contributed by atoms with Gasteiger partial charge in [-0.2, -0.15) is 0 Å². The Balaban J connectivity index is 0.000000771. The van der Waals surface area contributed by atoms with Gasteiger partial charge < -0.3 is 14.7 Å². The van der Waals surface area contributed by atoms with E-state index in [1.807, 2.05) is 13.8 Å². The lowest BCUT2D eigenvalue weighted by atomic mass is 10.1. The largest absolute Gasteiger partial charge is 0.304 e. The van der Waals surface area contributed by atoms with Gasteiger partial charge in [0.15, 0.2) is 0 Å². The molecule has 2 aliphatic rings. The normalized spacial score (nSPS) is 23.5. The van der Waals surface area contributed by atoms with E-state index < -0.39 is 0 Å². The van der Waals surface area contributed by atoms with Gasteiger partial charge in [-0.1, -0.05) is 20.3 Å². The molecule has 0 spiro atoms. The third kappa shape index (κ3) is 6.17. The van der Waals surface area contributed by atoms with Crippen molar-refractivity contribution < 1.29 is 0 Å². The number of nitrogens with zero attached hydrogens (tertiary/aromatic N) is 3. The molecular weight excluding hydrogens is 222 g/mol. The molecule has 2 rings (SSSR count). The minimum absolute atomic E-state index is 1.25. The molecule has 0 aromatic heterocycles. The molecule has 0 atom stereocenters. The second-order valence-electron chi connectivity index (χ2n) is 5.40. The zero-order chi connectivity index (χ0) is 13.2. The van der Waals surface area contributed by atoms with Crippen LogP contribution in [-0.2, 0) is 0 Å². The monoisotopic (exact) mass is 255 g/mol. The smallest absolute Gasteiger partial charge is 0.0110 e. The number of hydrogen-bond donors (Lipinski definition) is 0. The summed E-state index contributed by atoms with van der Waals surface area (Å²) in [6, 6.07) is 0. The number of likely N-dealkylation sites (tertiary alicyclic amines) is 1. The van der Waals surface area contributed by atoms with Crippen LogP contribution in [-0.4, -0.2) is 74.1 Å². The van der Waals surface area contributed by atoms with Crippen LogP contribution in [0, 0.1) is 0 Å². The maximum atomic E-state index is 2.65. The van der Waals surface area contributed by atoms with E-state index in [4.69, 9.17) is 0 Å². The van der Waals surface area contributed by atoms with Gasteiger partial charge in [-0.05, 0) is 52.5 Å². The molecule has 0 aliphatic carbocycles. The molecule has 2 heterocycles. The van der Waals surface area contributed by atoms with Crippen molar-refractivity contribution in [2.24, 2.45) is 0 Å². The lowest BCUT2D eigenvalue weighted by Gasteiger charge is -2.33. The van der Waals surface area contributed by atoms with Crippen molar-refractivity contribution in [3.05, 3.63) is 0 Å². The molecule has 108 valence electrons. The maximum Gasteiger partial charge on any atom is 0.0110 e. The van der Waals surface area contributed by atoms with E-state index in [9.17, 15) is 0 Å². The fourth-order valence-corrected chi connectivity index (χ4v) is 2.77. The van der Waals surface area contributed by atoms with E-state index in [0.717, 1.165) is 0 Å². The molecule has 0 bridgehead atoms. The van der Waals surface area contributed by atoms with Crippen LogP contribution in [0.5, 0.6) is 0 Å². The fraction of sp³-hybridized carbons (Fsp3) is 1.00. The zero-order valence-electron chi connectivity index (χ0n) is 12.8. The summed E-state index contributed by atoms with van der Waals surface area (Å²) in [5, 5.41) is 0. The van der Waals surface area contributed by atoms with Crippen LogP contribution in [0.2, 0.25) is 0 Å². The molecule has 18 heavy (non-hydrogen) atoms. The minimum Gasteiger partial charge on any atom is -0.304 e. The van der Waals surface area contributed by atoms with Crippen LogP contribution in [0.25, 0.3) is 0 Å². The Morgan fingerprint density at radius 1 is 0.667 bits per heavy atom. The summed E-state index contributed by atoms with van der Waals surface area (Å²) in [5.74, 6) is 0. The predicted octanol–water partition coefficient (Wildman–Crippen LogP) is 2.14. The lowest BCUT2D eigenvalue weighted by molar-refractivity contribution is 0.143. The molecule has 0 N–H and O–H groups in total. The molecule has 0 amide bonds. The maximum absolute atomic E-state index is 2.65. The first-order valence-corrected chi connectivity index (χ1v) is 7.98. The molecule has 3 heteroatoms. The second-order valence-corrected chi connectivity index (χ2v) is 5.40. The van der Waals surface area contributed by atoms with Crippen molar-refractivity contribution >= 4 is 0 Å². The third-order valence-corrected chi connectivity index (χ3v) is 3.99.